The van der Waals surface area contributed by atoms with Crippen molar-refractivity contribution in [1.29, 1.82) is 0 Å². The molecule has 1 aliphatic rings. The van der Waals surface area contributed by atoms with Gasteiger partial charge < -0.3 is 4.74 Å². The topological polar surface area (TPSA) is 43.4 Å². The second kappa shape index (κ2) is 15.1. The SMILES string of the molecule is CCCC(=O)O[C@@H]1CC(C)=C(/C=C/C(C)=C/C=C/C(C)=C/C=C/C=C(C)/C=C/C=O)C(C)(C)C1. The Morgan fingerprint density at radius 3 is 2.06 bits per heavy atom. The van der Waals surface area contributed by atoms with Gasteiger partial charge in [-0.1, -0.05) is 104 Å². The minimum absolute atomic E-state index is 0.0261. The van der Waals surface area contributed by atoms with Crippen molar-refractivity contribution in [2.24, 2.45) is 5.41 Å². The molecule has 0 radical (unpaired) electrons. The Morgan fingerprint density at radius 1 is 0.941 bits per heavy atom. The van der Waals surface area contributed by atoms with Crippen LogP contribution in [0.3, 0.4) is 0 Å². The van der Waals surface area contributed by atoms with Crippen LogP contribution in [-0.4, -0.2) is 18.4 Å². The van der Waals surface area contributed by atoms with Gasteiger partial charge in [0.05, 0.1) is 0 Å². The molecule has 1 aliphatic carbocycles. The number of carbonyl (C=O) groups is 2. The van der Waals surface area contributed by atoms with Gasteiger partial charge in [-0.3, -0.25) is 9.59 Å². The molecule has 0 saturated heterocycles. The van der Waals surface area contributed by atoms with Gasteiger partial charge in [-0.05, 0) is 57.6 Å². The number of hydrogen-bond acceptors (Lipinski definition) is 3. The van der Waals surface area contributed by atoms with Crippen LogP contribution in [-0.2, 0) is 14.3 Å². The lowest BCUT2D eigenvalue weighted by molar-refractivity contribution is -0.150. The highest BCUT2D eigenvalue weighted by Crippen LogP contribution is 2.42. The Balaban J connectivity index is 2.76. The molecule has 3 heteroatoms. The highest BCUT2D eigenvalue weighted by molar-refractivity contribution is 5.69. The molecule has 184 valence electrons. The third kappa shape index (κ3) is 11.3. The van der Waals surface area contributed by atoms with Gasteiger partial charge in [0.1, 0.15) is 12.4 Å². The Labute approximate surface area is 207 Å². The lowest BCUT2D eigenvalue weighted by Gasteiger charge is -2.37. The highest BCUT2D eigenvalue weighted by atomic mass is 16.5. The number of carbonyl (C=O) groups excluding carboxylic acids is 2. The highest BCUT2D eigenvalue weighted by Gasteiger charge is 2.34. The number of allylic oxidation sites excluding steroid dienone is 15. The quantitative estimate of drug-likeness (QED) is 0.135. The van der Waals surface area contributed by atoms with Gasteiger partial charge in [0.15, 0.2) is 0 Å². The van der Waals surface area contributed by atoms with Crippen LogP contribution in [0.1, 0.15) is 74.1 Å². The van der Waals surface area contributed by atoms with Crippen molar-refractivity contribution in [2.45, 2.75) is 80.3 Å². The number of ether oxygens (including phenoxy) is 1. The van der Waals surface area contributed by atoms with Crippen LogP contribution >= 0.6 is 0 Å². The molecule has 0 saturated carbocycles. The Kier molecular flexibility index (Phi) is 12.9. The molecule has 0 aromatic heterocycles. The van der Waals surface area contributed by atoms with Crippen LogP contribution < -0.4 is 0 Å². The fourth-order valence-corrected chi connectivity index (χ4v) is 4.02. The first kappa shape index (κ1) is 29.1. The third-order valence-corrected chi connectivity index (χ3v) is 5.71. The third-order valence-electron chi connectivity index (χ3n) is 5.71. The van der Waals surface area contributed by atoms with E-state index >= 15 is 0 Å². The van der Waals surface area contributed by atoms with Crippen molar-refractivity contribution in [2.75, 3.05) is 0 Å². The van der Waals surface area contributed by atoms with E-state index in [2.05, 4.69) is 65.0 Å². The summed E-state index contributed by atoms with van der Waals surface area (Å²) in [5, 5.41) is 0. The average Bonchev–Trinajstić information content (AvgIpc) is 2.74. The van der Waals surface area contributed by atoms with Gasteiger partial charge >= 0.3 is 5.97 Å². The normalized spacial score (nSPS) is 20.3. The zero-order chi connectivity index (χ0) is 25.6. The molecule has 3 nitrogen and oxygen atoms in total. The van der Waals surface area contributed by atoms with E-state index in [1.807, 2.05) is 38.2 Å². The lowest BCUT2D eigenvalue weighted by Crippen LogP contribution is -2.31. The molecule has 0 heterocycles. The molecule has 0 N–H and O–H groups in total. The van der Waals surface area contributed by atoms with Crippen LogP contribution in [0.2, 0.25) is 0 Å². The molecule has 0 unspecified atom stereocenters. The van der Waals surface area contributed by atoms with E-state index in [9.17, 15) is 9.59 Å². The van der Waals surface area contributed by atoms with Crippen molar-refractivity contribution in [3.8, 4) is 0 Å². The Hall–Kier alpha value is -2.94. The van der Waals surface area contributed by atoms with Crippen molar-refractivity contribution >= 4 is 12.3 Å². The molecule has 0 aliphatic heterocycles. The minimum atomic E-state index is -0.0844. The summed E-state index contributed by atoms with van der Waals surface area (Å²) in [6, 6.07) is 0. The second-order valence-corrected chi connectivity index (χ2v) is 9.65. The molecule has 0 aromatic rings. The smallest absolute Gasteiger partial charge is 0.306 e. The first-order chi connectivity index (χ1) is 16.1. The monoisotopic (exact) mass is 462 g/mol. The molecule has 1 rings (SSSR count). The zero-order valence-corrected chi connectivity index (χ0v) is 22.1. The number of aldehydes is 1. The number of rotatable bonds is 11. The fraction of sp³-hybridized carbons (Fsp3) is 0.419. The van der Waals surface area contributed by atoms with Crippen molar-refractivity contribution in [1.82, 2.24) is 0 Å². The maximum atomic E-state index is 11.9. The molecular formula is C31H42O3. The maximum Gasteiger partial charge on any atom is 0.306 e. The van der Waals surface area contributed by atoms with Crippen molar-refractivity contribution in [3.05, 3.63) is 94.7 Å². The Morgan fingerprint density at radius 2 is 1.50 bits per heavy atom. The maximum absolute atomic E-state index is 11.9. The number of esters is 1. The summed E-state index contributed by atoms with van der Waals surface area (Å²) in [5.74, 6) is -0.0844. The molecule has 0 bridgehead atoms. The van der Waals surface area contributed by atoms with Gasteiger partial charge in [0.2, 0.25) is 0 Å². The summed E-state index contributed by atoms with van der Waals surface area (Å²) in [6.07, 6.45) is 25.6. The molecule has 0 fully saturated rings. The lowest BCUT2D eigenvalue weighted by atomic mass is 9.71. The van der Waals surface area contributed by atoms with E-state index in [1.54, 1.807) is 6.08 Å². The van der Waals surface area contributed by atoms with Gasteiger partial charge in [-0.25, -0.2) is 0 Å². The van der Waals surface area contributed by atoms with E-state index in [-0.39, 0.29) is 17.5 Å². The van der Waals surface area contributed by atoms with Gasteiger partial charge in [0, 0.05) is 12.8 Å². The standard InChI is InChI=1S/C31H42O3/c1-8-13-30(33)34-28-22-27(5)29(31(6,7)23-28)20-19-26(4)17-11-16-24(2)14-9-10-15-25(3)18-12-21-32/h9-12,14-21,28H,8,13,22-23H2,1-7H3/b10-9+,16-11+,18-12+,20-19+,24-14+,25-15+,26-17+/t28-/m1/s1. The van der Waals surface area contributed by atoms with Gasteiger partial charge in [-0.15, -0.1) is 0 Å². The van der Waals surface area contributed by atoms with E-state index in [1.165, 1.54) is 22.8 Å². The molecule has 0 aromatic carbocycles. The first-order valence-electron chi connectivity index (χ1n) is 12.2. The van der Waals surface area contributed by atoms with Crippen LogP contribution in [0.15, 0.2) is 94.7 Å². The summed E-state index contributed by atoms with van der Waals surface area (Å²) in [5.41, 5.74) is 5.94. The molecule has 34 heavy (non-hydrogen) atoms. The summed E-state index contributed by atoms with van der Waals surface area (Å²) in [4.78, 5) is 22.2. The minimum Gasteiger partial charge on any atom is -0.462 e. The summed E-state index contributed by atoms with van der Waals surface area (Å²) in [6.45, 7) is 14.7. The summed E-state index contributed by atoms with van der Waals surface area (Å²) < 4.78 is 5.70. The van der Waals surface area contributed by atoms with Crippen LogP contribution in [0, 0.1) is 5.41 Å². The van der Waals surface area contributed by atoms with Crippen LogP contribution in [0.5, 0.6) is 0 Å². The number of hydrogen-bond donors (Lipinski definition) is 0. The van der Waals surface area contributed by atoms with E-state index in [0.717, 1.165) is 36.7 Å². The van der Waals surface area contributed by atoms with Crippen LogP contribution in [0.25, 0.3) is 0 Å². The van der Waals surface area contributed by atoms with Crippen molar-refractivity contribution < 1.29 is 14.3 Å². The largest absolute Gasteiger partial charge is 0.462 e. The summed E-state index contributed by atoms with van der Waals surface area (Å²) in [7, 11) is 0. The zero-order valence-electron chi connectivity index (χ0n) is 22.1. The molecular weight excluding hydrogens is 420 g/mol. The van der Waals surface area contributed by atoms with Gasteiger partial charge in [-0.2, -0.15) is 0 Å². The predicted octanol–water partition coefficient (Wildman–Crippen LogP) is 8.10. The average molecular weight is 463 g/mol. The van der Waals surface area contributed by atoms with E-state index < -0.39 is 0 Å². The van der Waals surface area contributed by atoms with E-state index in [0.29, 0.717) is 6.42 Å². The van der Waals surface area contributed by atoms with Gasteiger partial charge in [0.25, 0.3) is 0 Å². The molecule has 0 amide bonds. The molecule has 0 spiro atoms. The van der Waals surface area contributed by atoms with Crippen LogP contribution in [0.4, 0.5) is 0 Å². The summed E-state index contributed by atoms with van der Waals surface area (Å²) >= 11 is 0. The predicted molar refractivity (Wildman–Crippen MR) is 144 cm³/mol. The fourth-order valence-electron chi connectivity index (χ4n) is 4.02. The first-order valence-corrected chi connectivity index (χ1v) is 12.2. The Bertz CT molecular complexity index is 943. The molecule has 1 atom stereocenters. The van der Waals surface area contributed by atoms with E-state index in [4.69, 9.17) is 4.74 Å². The van der Waals surface area contributed by atoms with Crippen molar-refractivity contribution in [3.63, 3.8) is 0 Å². The second-order valence-electron chi connectivity index (χ2n) is 9.65.